The topological polar surface area (TPSA) is 62.5 Å². The van der Waals surface area contributed by atoms with Crippen molar-refractivity contribution in [2.75, 3.05) is 11.9 Å². The van der Waals surface area contributed by atoms with E-state index in [4.69, 9.17) is 0 Å². The van der Waals surface area contributed by atoms with Gasteiger partial charge in [0.1, 0.15) is 5.82 Å². The monoisotopic (exact) mass is 268 g/mol. The van der Waals surface area contributed by atoms with Crippen molar-refractivity contribution in [2.45, 2.75) is 13.0 Å². The van der Waals surface area contributed by atoms with E-state index in [1.165, 1.54) is 0 Å². The molecular weight excluding hydrogens is 252 g/mol. The third-order valence-electron chi connectivity index (χ3n) is 3.01. The number of hydrogen-bond acceptors (Lipinski definition) is 4. The van der Waals surface area contributed by atoms with Crippen LogP contribution in [0.3, 0.4) is 0 Å². The van der Waals surface area contributed by atoms with Crippen molar-refractivity contribution in [1.29, 1.82) is 0 Å². The second kappa shape index (κ2) is 5.30. The van der Waals surface area contributed by atoms with E-state index < -0.39 is 6.10 Å². The van der Waals surface area contributed by atoms with Gasteiger partial charge in [0.25, 0.3) is 0 Å². The molecule has 3 rings (SSSR count). The van der Waals surface area contributed by atoms with E-state index in [0.717, 1.165) is 22.7 Å². The summed E-state index contributed by atoms with van der Waals surface area (Å²) in [5, 5.41) is 16.9. The van der Waals surface area contributed by atoms with E-state index in [1.54, 1.807) is 17.6 Å². The molecule has 1 aromatic carbocycles. The predicted molar refractivity (Wildman–Crippen MR) is 78.6 cm³/mol. The molecule has 0 spiro atoms. The molecule has 1 atom stereocenters. The Morgan fingerprint density at radius 2 is 2.05 bits per heavy atom. The number of nitrogens with zero attached hydrogens (tertiary/aromatic N) is 3. The fraction of sp³-hybridized carbons (Fsp3) is 0.200. The number of aliphatic hydroxyl groups excluding tert-OH is 1. The lowest BCUT2D eigenvalue weighted by atomic mass is 10.1. The van der Waals surface area contributed by atoms with Crippen LogP contribution in [0.1, 0.15) is 6.92 Å². The molecule has 0 amide bonds. The molecule has 2 heterocycles. The highest BCUT2D eigenvalue weighted by Gasteiger charge is 2.08. The van der Waals surface area contributed by atoms with E-state index in [2.05, 4.69) is 15.4 Å². The predicted octanol–water partition coefficient (Wildman–Crippen LogP) is 2.19. The van der Waals surface area contributed by atoms with Crippen LogP contribution in [-0.2, 0) is 0 Å². The van der Waals surface area contributed by atoms with Crippen molar-refractivity contribution in [1.82, 2.24) is 14.6 Å². The third kappa shape index (κ3) is 2.48. The van der Waals surface area contributed by atoms with Crippen LogP contribution >= 0.6 is 0 Å². The molecule has 102 valence electrons. The zero-order valence-corrected chi connectivity index (χ0v) is 11.2. The van der Waals surface area contributed by atoms with Crippen molar-refractivity contribution < 1.29 is 5.11 Å². The molecule has 0 saturated heterocycles. The highest BCUT2D eigenvalue weighted by molar-refractivity contribution is 5.66. The number of fused-ring (bicyclic) bond motifs is 1. The van der Waals surface area contributed by atoms with Crippen molar-refractivity contribution >= 4 is 11.5 Å². The molecule has 5 heteroatoms. The second-order valence-corrected chi connectivity index (χ2v) is 4.72. The number of aliphatic hydroxyl groups is 1. The molecular formula is C15H16N4O. The first-order valence-corrected chi connectivity index (χ1v) is 6.56. The zero-order chi connectivity index (χ0) is 13.9. The number of benzene rings is 1. The Morgan fingerprint density at radius 1 is 1.25 bits per heavy atom. The van der Waals surface area contributed by atoms with Gasteiger partial charge in [-0.05, 0) is 6.92 Å². The quantitative estimate of drug-likeness (QED) is 0.761. The standard InChI is InChI=1S/C15H16N4O/c1-11(20)10-16-15-9-13(12-5-3-2-4-6-12)18-14-7-8-17-19(14)15/h2-9,11,16,20H,10H2,1H3. The summed E-state index contributed by atoms with van der Waals surface area (Å²) in [7, 11) is 0. The average Bonchev–Trinajstić information content (AvgIpc) is 2.94. The van der Waals surface area contributed by atoms with Gasteiger partial charge in [-0.2, -0.15) is 9.61 Å². The molecule has 20 heavy (non-hydrogen) atoms. The summed E-state index contributed by atoms with van der Waals surface area (Å²) < 4.78 is 1.73. The zero-order valence-electron chi connectivity index (χ0n) is 11.2. The molecule has 3 aromatic rings. The molecule has 0 aliphatic rings. The first-order chi connectivity index (χ1) is 9.74. The number of hydrogen-bond donors (Lipinski definition) is 2. The Balaban J connectivity index is 2.06. The van der Waals surface area contributed by atoms with Crippen molar-refractivity contribution in [3.05, 3.63) is 48.7 Å². The van der Waals surface area contributed by atoms with Gasteiger partial charge in [0, 0.05) is 24.2 Å². The fourth-order valence-corrected chi connectivity index (χ4v) is 2.05. The Morgan fingerprint density at radius 3 is 2.80 bits per heavy atom. The molecule has 0 bridgehead atoms. The summed E-state index contributed by atoms with van der Waals surface area (Å²) in [6, 6.07) is 13.8. The SMILES string of the molecule is CC(O)CNc1cc(-c2ccccc2)nc2ccnn12. The minimum absolute atomic E-state index is 0.422. The van der Waals surface area contributed by atoms with Crippen LogP contribution in [0.4, 0.5) is 5.82 Å². The molecule has 0 saturated carbocycles. The first kappa shape index (κ1) is 12.6. The van der Waals surface area contributed by atoms with Crippen molar-refractivity contribution in [3.8, 4) is 11.3 Å². The smallest absolute Gasteiger partial charge is 0.157 e. The highest BCUT2D eigenvalue weighted by atomic mass is 16.3. The van der Waals surface area contributed by atoms with Gasteiger partial charge in [0.05, 0.1) is 18.0 Å². The highest BCUT2D eigenvalue weighted by Crippen LogP contribution is 2.21. The molecule has 1 unspecified atom stereocenters. The van der Waals surface area contributed by atoms with E-state index in [9.17, 15) is 5.11 Å². The molecule has 2 aromatic heterocycles. The molecule has 2 N–H and O–H groups in total. The minimum atomic E-state index is -0.422. The number of rotatable bonds is 4. The largest absolute Gasteiger partial charge is 0.392 e. The van der Waals surface area contributed by atoms with Crippen LogP contribution in [0.15, 0.2) is 48.7 Å². The van der Waals surface area contributed by atoms with Gasteiger partial charge >= 0.3 is 0 Å². The maximum Gasteiger partial charge on any atom is 0.157 e. The van der Waals surface area contributed by atoms with Crippen LogP contribution in [0.2, 0.25) is 0 Å². The van der Waals surface area contributed by atoms with Gasteiger partial charge in [0.2, 0.25) is 0 Å². The lowest BCUT2D eigenvalue weighted by Crippen LogP contribution is -2.17. The van der Waals surface area contributed by atoms with Gasteiger partial charge in [-0.25, -0.2) is 4.98 Å². The second-order valence-electron chi connectivity index (χ2n) is 4.72. The number of aromatic nitrogens is 3. The first-order valence-electron chi connectivity index (χ1n) is 6.56. The molecule has 0 aliphatic heterocycles. The van der Waals surface area contributed by atoms with Crippen LogP contribution < -0.4 is 5.32 Å². The van der Waals surface area contributed by atoms with Crippen LogP contribution in [0.25, 0.3) is 16.9 Å². The summed E-state index contributed by atoms with van der Waals surface area (Å²) in [5.41, 5.74) is 2.71. The van der Waals surface area contributed by atoms with Gasteiger partial charge < -0.3 is 10.4 Å². The van der Waals surface area contributed by atoms with Crippen LogP contribution in [-0.4, -0.2) is 32.4 Å². The lowest BCUT2D eigenvalue weighted by molar-refractivity contribution is 0.208. The Labute approximate surface area is 116 Å². The normalized spacial score (nSPS) is 12.5. The molecule has 0 radical (unpaired) electrons. The Kier molecular flexibility index (Phi) is 3.35. The van der Waals surface area contributed by atoms with E-state index >= 15 is 0 Å². The van der Waals surface area contributed by atoms with E-state index in [1.807, 2.05) is 42.5 Å². The maximum absolute atomic E-state index is 9.41. The van der Waals surface area contributed by atoms with Crippen molar-refractivity contribution in [2.24, 2.45) is 0 Å². The summed E-state index contributed by atoms with van der Waals surface area (Å²) in [6.07, 6.45) is 1.29. The number of anilines is 1. The molecule has 5 nitrogen and oxygen atoms in total. The average molecular weight is 268 g/mol. The minimum Gasteiger partial charge on any atom is -0.392 e. The summed E-state index contributed by atoms with van der Waals surface area (Å²) in [5.74, 6) is 0.819. The van der Waals surface area contributed by atoms with Gasteiger partial charge in [-0.3, -0.25) is 0 Å². The number of nitrogens with one attached hydrogen (secondary N) is 1. The fourth-order valence-electron chi connectivity index (χ4n) is 2.05. The Bertz CT molecular complexity index is 706. The van der Waals surface area contributed by atoms with Gasteiger partial charge in [0.15, 0.2) is 5.65 Å². The van der Waals surface area contributed by atoms with Crippen LogP contribution in [0.5, 0.6) is 0 Å². The van der Waals surface area contributed by atoms with E-state index in [-0.39, 0.29) is 0 Å². The lowest BCUT2D eigenvalue weighted by Gasteiger charge is -2.11. The van der Waals surface area contributed by atoms with Gasteiger partial charge in [-0.15, -0.1) is 0 Å². The summed E-state index contributed by atoms with van der Waals surface area (Å²) in [4.78, 5) is 4.59. The molecule has 0 aliphatic carbocycles. The Hall–Kier alpha value is -2.40. The third-order valence-corrected chi connectivity index (χ3v) is 3.01. The van der Waals surface area contributed by atoms with E-state index in [0.29, 0.717) is 6.54 Å². The van der Waals surface area contributed by atoms with Crippen LogP contribution in [0, 0.1) is 0 Å². The van der Waals surface area contributed by atoms with Crippen molar-refractivity contribution in [3.63, 3.8) is 0 Å². The summed E-state index contributed by atoms with van der Waals surface area (Å²) >= 11 is 0. The molecule has 0 fully saturated rings. The summed E-state index contributed by atoms with van der Waals surface area (Å²) in [6.45, 7) is 2.21. The maximum atomic E-state index is 9.41. The van der Waals surface area contributed by atoms with Gasteiger partial charge in [-0.1, -0.05) is 30.3 Å².